The van der Waals surface area contributed by atoms with Gasteiger partial charge in [0.1, 0.15) is 0 Å². The number of benzene rings is 1. The minimum Gasteiger partial charge on any atom is -0.396 e. The molecule has 0 saturated carbocycles. The average Bonchev–Trinajstić information content (AvgIpc) is 2.39. The zero-order chi connectivity index (χ0) is 14.3. The predicted octanol–water partition coefficient (Wildman–Crippen LogP) is 3.18. The smallest absolute Gasteiger partial charge is 0.251 e. The molecule has 2 N–H and O–H groups in total. The molecule has 0 aliphatic heterocycles. The van der Waals surface area contributed by atoms with Crippen molar-refractivity contribution >= 4 is 17.5 Å². The van der Waals surface area contributed by atoms with Crippen LogP contribution >= 0.6 is 11.6 Å². The fraction of sp³-hybridized carbons (Fsp3) is 0.533. The first-order valence-corrected chi connectivity index (χ1v) is 7.11. The highest BCUT2D eigenvalue weighted by Crippen LogP contribution is 2.16. The van der Waals surface area contributed by atoms with E-state index in [1.54, 1.807) is 18.2 Å². The molecule has 0 aliphatic rings. The summed E-state index contributed by atoms with van der Waals surface area (Å²) in [6, 6.07) is 5.26. The molecule has 0 aromatic heterocycles. The highest BCUT2D eigenvalue weighted by molar-refractivity contribution is 6.31. The van der Waals surface area contributed by atoms with Crippen LogP contribution in [0.1, 0.15) is 42.1 Å². The molecule has 0 heterocycles. The maximum absolute atomic E-state index is 12.0. The van der Waals surface area contributed by atoms with E-state index in [4.69, 9.17) is 16.7 Å². The van der Waals surface area contributed by atoms with E-state index in [1.165, 1.54) is 0 Å². The second kappa shape index (κ2) is 8.18. The van der Waals surface area contributed by atoms with E-state index in [0.717, 1.165) is 24.8 Å². The molecule has 1 rings (SSSR count). The molecule has 106 valence electrons. The lowest BCUT2D eigenvalue weighted by atomic mass is 10.00. The molecule has 1 aromatic carbocycles. The maximum atomic E-state index is 12.0. The first kappa shape index (κ1) is 16.0. The Hall–Kier alpha value is -1.06. The van der Waals surface area contributed by atoms with Crippen LogP contribution in [0.2, 0.25) is 5.02 Å². The van der Waals surface area contributed by atoms with Gasteiger partial charge in [-0.05, 0) is 49.4 Å². The molecular formula is C15H22ClNO2. The van der Waals surface area contributed by atoms with Gasteiger partial charge >= 0.3 is 0 Å². The maximum Gasteiger partial charge on any atom is 0.251 e. The SMILES string of the molecule is CCCC(CCO)CNC(=O)c1ccc(Cl)c(C)c1. The summed E-state index contributed by atoms with van der Waals surface area (Å²) in [5.74, 6) is 0.256. The standard InChI is InChI=1S/C15H22ClNO2/c1-3-4-12(7-8-18)10-17-15(19)13-5-6-14(16)11(2)9-13/h5-6,9,12,18H,3-4,7-8,10H2,1-2H3,(H,17,19). The molecule has 1 unspecified atom stereocenters. The van der Waals surface area contributed by atoms with E-state index in [-0.39, 0.29) is 12.5 Å². The fourth-order valence-electron chi connectivity index (χ4n) is 2.06. The second-order valence-electron chi connectivity index (χ2n) is 4.84. The van der Waals surface area contributed by atoms with E-state index in [9.17, 15) is 4.79 Å². The van der Waals surface area contributed by atoms with Gasteiger partial charge in [0, 0.05) is 23.7 Å². The summed E-state index contributed by atoms with van der Waals surface area (Å²) in [6.45, 7) is 4.76. The zero-order valence-corrected chi connectivity index (χ0v) is 12.3. The lowest BCUT2D eigenvalue weighted by Gasteiger charge is -2.15. The van der Waals surface area contributed by atoms with Crippen molar-refractivity contribution in [2.75, 3.05) is 13.2 Å². The normalized spacial score (nSPS) is 12.2. The number of nitrogens with one attached hydrogen (secondary N) is 1. The van der Waals surface area contributed by atoms with Crippen LogP contribution in [0.3, 0.4) is 0 Å². The summed E-state index contributed by atoms with van der Waals surface area (Å²) in [4.78, 5) is 12.0. The first-order valence-electron chi connectivity index (χ1n) is 6.73. The van der Waals surface area contributed by atoms with Gasteiger partial charge in [-0.25, -0.2) is 0 Å². The van der Waals surface area contributed by atoms with Crippen molar-refractivity contribution in [2.24, 2.45) is 5.92 Å². The van der Waals surface area contributed by atoms with Gasteiger partial charge in [-0.3, -0.25) is 4.79 Å². The number of aryl methyl sites for hydroxylation is 1. The molecule has 0 bridgehead atoms. The van der Waals surface area contributed by atoms with Crippen molar-refractivity contribution in [1.29, 1.82) is 0 Å². The van der Waals surface area contributed by atoms with Crippen molar-refractivity contribution in [3.05, 3.63) is 34.3 Å². The third kappa shape index (κ3) is 5.21. The van der Waals surface area contributed by atoms with Crippen LogP contribution < -0.4 is 5.32 Å². The number of aliphatic hydroxyl groups is 1. The lowest BCUT2D eigenvalue weighted by molar-refractivity contribution is 0.0943. The summed E-state index contributed by atoms with van der Waals surface area (Å²) in [7, 11) is 0. The third-order valence-corrected chi connectivity index (χ3v) is 3.63. The molecule has 1 atom stereocenters. The minimum atomic E-state index is -0.0844. The summed E-state index contributed by atoms with van der Waals surface area (Å²) in [6.07, 6.45) is 2.80. The summed E-state index contributed by atoms with van der Waals surface area (Å²) < 4.78 is 0. The molecule has 0 fully saturated rings. The van der Waals surface area contributed by atoms with Crippen molar-refractivity contribution in [2.45, 2.75) is 33.1 Å². The van der Waals surface area contributed by atoms with E-state index in [2.05, 4.69) is 12.2 Å². The Morgan fingerprint density at radius 1 is 1.42 bits per heavy atom. The molecule has 3 nitrogen and oxygen atoms in total. The number of halogens is 1. The molecule has 4 heteroatoms. The van der Waals surface area contributed by atoms with Gasteiger partial charge in [0.05, 0.1) is 0 Å². The van der Waals surface area contributed by atoms with Gasteiger partial charge in [0.15, 0.2) is 0 Å². The van der Waals surface area contributed by atoms with Crippen LogP contribution in [0.4, 0.5) is 0 Å². The Morgan fingerprint density at radius 3 is 2.74 bits per heavy atom. The van der Waals surface area contributed by atoms with E-state index < -0.39 is 0 Å². The van der Waals surface area contributed by atoms with E-state index >= 15 is 0 Å². The van der Waals surface area contributed by atoms with Crippen molar-refractivity contribution in [1.82, 2.24) is 5.32 Å². The van der Waals surface area contributed by atoms with Crippen LogP contribution in [-0.4, -0.2) is 24.2 Å². The van der Waals surface area contributed by atoms with Crippen LogP contribution in [-0.2, 0) is 0 Å². The second-order valence-corrected chi connectivity index (χ2v) is 5.25. The highest BCUT2D eigenvalue weighted by atomic mass is 35.5. The number of carbonyl (C=O) groups excluding carboxylic acids is 1. The highest BCUT2D eigenvalue weighted by Gasteiger charge is 2.11. The Balaban J connectivity index is 2.56. The molecule has 19 heavy (non-hydrogen) atoms. The Morgan fingerprint density at radius 2 is 2.16 bits per heavy atom. The zero-order valence-electron chi connectivity index (χ0n) is 11.6. The van der Waals surface area contributed by atoms with Crippen molar-refractivity contribution in [3.8, 4) is 0 Å². The Bertz CT molecular complexity index is 415. The van der Waals surface area contributed by atoms with E-state index in [1.807, 2.05) is 6.92 Å². The summed E-state index contributed by atoms with van der Waals surface area (Å²) in [5.41, 5.74) is 1.52. The van der Waals surface area contributed by atoms with Crippen molar-refractivity contribution < 1.29 is 9.90 Å². The van der Waals surface area contributed by atoms with Crippen LogP contribution in [0.15, 0.2) is 18.2 Å². The van der Waals surface area contributed by atoms with Gasteiger partial charge in [-0.1, -0.05) is 24.9 Å². The average molecular weight is 284 g/mol. The Labute approximate surface area is 120 Å². The number of carbonyl (C=O) groups is 1. The van der Waals surface area contributed by atoms with Crippen LogP contribution in [0.5, 0.6) is 0 Å². The van der Waals surface area contributed by atoms with Gasteiger partial charge in [0.25, 0.3) is 5.91 Å². The number of amides is 1. The van der Waals surface area contributed by atoms with E-state index in [0.29, 0.717) is 23.0 Å². The topological polar surface area (TPSA) is 49.3 Å². The van der Waals surface area contributed by atoms with Crippen LogP contribution in [0, 0.1) is 12.8 Å². The molecule has 1 amide bonds. The van der Waals surface area contributed by atoms with Gasteiger partial charge in [0.2, 0.25) is 0 Å². The largest absolute Gasteiger partial charge is 0.396 e. The van der Waals surface area contributed by atoms with Gasteiger partial charge in [-0.15, -0.1) is 0 Å². The minimum absolute atomic E-state index is 0.0844. The van der Waals surface area contributed by atoms with Gasteiger partial charge < -0.3 is 10.4 Å². The third-order valence-electron chi connectivity index (χ3n) is 3.21. The number of aliphatic hydroxyl groups excluding tert-OH is 1. The monoisotopic (exact) mass is 283 g/mol. The number of hydrogen-bond acceptors (Lipinski definition) is 2. The number of rotatable bonds is 7. The summed E-state index contributed by atoms with van der Waals surface area (Å²) in [5, 5.41) is 12.6. The quantitative estimate of drug-likeness (QED) is 0.807. The summed E-state index contributed by atoms with van der Waals surface area (Å²) >= 11 is 5.94. The number of hydrogen-bond donors (Lipinski definition) is 2. The van der Waals surface area contributed by atoms with Crippen molar-refractivity contribution in [3.63, 3.8) is 0 Å². The molecule has 0 saturated heterocycles. The molecule has 0 spiro atoms. The Kier molecular flexibility index (Phi) is 6.89. The molecule has 1 aromatic rings. The van der Waals surface area contributed by atoms with Crippen LogP contribution in [0.25, 0.3) is 0 Å². The first-order chi connectivity index (χ1) is 9.08. The fourth-order valence-corrected chi connectivity index (χ4v) is 2.18. The predicted molar refractivity (Wildman–Crippen MR) is 78.6 cm³/mol. The molecule has 0 radical (unpaired) electrons. The molecule has 0 aliphatic carbocycles. The van der Waals surface area contributed by atoms with Gasteiger partial charge in [-0.2, -0.15) is 0 Å². The molecular weight excluding hydrogens is 262 g/mol. The lowest BCUT2D eigenvalue weighted by Crippen LogP contribution is -2.29.